The first-order valence-corrected chi connectivity index (χ1v) is 9.97. The van der Waals surface area contributed by atoms with Crippen molar-refractivity contribution in [3.8, 4) is 0 Å². The molecule has 1 fully saturated rings. The van der Waals surface area contributed by atoms with E-state index in [4.69, 9.17) is 0 Å². The number of aryl methyl sites for hydroxylation is 4. The molecule has 1 aliphatic carbocycles. The highest BCUT2D eigenvalue weighted by Crippen LogP contribution is 2.35. The summed E-state index contributed by atoms with van der Waals surface area (Å²) in [7, 11) is 0. The number of fused-ring (bicyclic) bond motifs is 2. The van der Waals surface area contributed by atoms with Crippen LogP contribution in [0.3, 0.4) is 0 Å². The Morgan fingerprint density at radius 2 is 2.00 bits per heavy atom. The van der Waals surface area contributed by atoms with Gasteiger partial charge in [0.1, 0.15) is 18.1 Å². The molecule has 0 amide bonds. The highest BCUT2D eigenvalue weighted by molar-refractivity contribution is 5.48. The van der Waals surface area contributed by atoms with Crippen LogP contribution >= 0.6 is 0 Å². The summed E-state index contributed by atoms with van der Waals surface area (Å²) in [6.45, 7) is 4.02. The van der Waals surface area contributed by atoms with Gasteiger partial charge < -0.3 is 10.4 Å². The van der Waals surface area contributed by atoms with E-state index in [0.717, 1.165) is 29.9 Å². The van der Waals surface area contributed by atoms with E-state index in [2.05, 4.69) is 33.5 Å². The van der Waals surface area contributed by atoms with E-state index < -0.39 is 6.10 Å². The molecule has 1 aliphatic heterocycles. The maximum Gasteiger partial charge on any atom is 0.162 e. The number of aliphatic hydroxyl groups excluding tert-OH is 1. The fourth-order valence-corrected chi connectivity index (χ4v) is 4.79. The van der Waals surface area contributed by atoms with Crippen molar-refractivity contribution in [3.05, 3.63) is 64.4 Å². The van der Waals surface area contributed by atoms with Crippen molar-refractivity contribution in [2.75, 3.05) is 0 Å². The lowest BCUT2D eigenvalue weighted by Crippen LogP contribution is -2.31. The van der Waals surface area contributed by atoms with Gasteiger partial charge in [-0.25, -0.2) is 9.97 Å². The molecule has 2 N–H and O–H groups in total. The van der Waals surface area contributed by atoms with Crippen LogP contribution in [0.4, 0.5) is 0 Å². The molecule has 5 rings (SSSR count). The van der Waals surface area contributed by atoms with E-state index >= 15 is 0 Å². The molecule has 1 aromatic carbocycles. The van der Waals surface area contributed by atoms with E-state index in [1.54, 1.807) is 6.33 Å². The lowest BCUT2D eigenvalue weighted by atomic mass is 10.00. The number of aliphatic hydroxyl groups is 1. The van der Waals surface area contributed by atoms with Gasteiger partial charge in [-0.1, -0.05) is 18.2 Å². The molecule has 0 bridgehead atoms. The molecular weight excluding hydrogens is 336 g/mol. The first-order valence-electron chi connectivity index (χ1n) is 9.97. The average Bonchev–Trinajstić information content (AvgIpc) is 3.39. The van der Waals surface area contributed by atoms with Gasteiger partial charge in [-0.15, -0.1) is 0 Å². The summed E-state index contributed by atoms with van der Waals surface area (Å²) in [6.07, 6.45) is 6.79. The second kappa shape index (κ2) is 6.43. The SMILES string of the molecule is Cc1cc(C)n2cnc(C(O)C3CCC(c4ccc5c(c4)CCC5)N3)c2n1. The van der Waals surface area contributed by atoms with Crippen molar-refractivity contribution in [3.63, 3.8) is 0 Å². The molecule has 0 spiro atoms. The third-order valence-electron chi connectivity index (χ3n) is 6.22. The predicted molar refractivity (Wildman–Crippen MR) is 105 cm³/mol. The van der Waals surface area contributed by atoms with Crippen molar-refractivity contribution < 1.29 is 5.11 Å². The zero-order valence-corrected chi connectivity index (χ0v) is 15.9. The summed E-state index contributed by atoms with van der Waals surface area (Å²) in [5, 5.41) is 14.7. The van der Waals surface area contributed by atoms with Crippen LogP contribution in [0.15, 0.2) is 30.6 Å². The van der Waals surface area contributed by atoms with E-state index in [1.807, 2.05) is 24.3 Å². The van der Waals surface area contributed by atoms with Crippen LogP contribution < -0.4 is 5.32 Å². The second-order valence-electron chi connectivity index (χ2n) is 8.09. The Morgan fingerprint density at radius 3 is 2.89 bits per heavy atom. The Bertz CT molecular complexity index is 1010. The minimum Gasteiger partial charge on any atom is -0.385 e. The molecule has 0 radical (unpaired) electrons. The summed E-state index contributed by atoms with van der Waals surface area (Å²) in [4.78, 5) is 9.12. The van der Waals surface area contributed by atoms with Crippen LogP contribution in [0.2, 0.25) is 0 Å². The molecule has 0 saturated carbocycles. The van der Waals surface area contributed by atoms with Gasteiger partial charge in [-0.05, 0) is 68.7 Å². The van der Waals surface area contributed by atoms with E-state index in [-0.39, 0.29) is 6.04 Å². The van der Waals surface area contributed by atoms with Crippen LogP contribution in [0.5, 0.6) is 0 Å². The second-order valence-corrected chi connectivity index (χ2v) is 8.09. The molecule has 2 aliphatic rings. The summed E-state index contributed by atoms with van der Waals surface area (Å²) >= 11 is 0. The van der Waals surface area contributed by atoms with Crippen molar-refractivity contribution in [2.45, 2.75) is 64.1 Å². The fourth-order valence-electron chi connectivity index (χ4n) is 4.79. The lowest BCUT2D eigenvalue weighted by Gasteiger charge is -2.19. The molecule has 5 heteroatoms. The van der Waals surface area contributed by atoms with Crippen LogP contribution in [0, 0.1) is 13.8 Å². The number of rotatable bonds is 3. The number of nitrogens with zero attached hydrogens (tertiary/aromatic N) is 3. The van der Waals surface area contributed by atoms with Crippen LogP contribution in [0.25, 0.3) is 5.65 Å². The minimum absolute atomic E-state index is 0.00423. The predicted octanol–water partition coefficient (Wildman–Crippen LogP) is 3.36. The van der Waals surface area contributed by atoms with Crippen molar-refractivity contribution in [1.29, 1.82) is 0 Å². The Morgan fingerprint density at radius 1 is 1.15 bits per heavy atom. The first kappa shape index (κ1) is 16.9. The molecule has 2 aromatic heterocycles. The highest BCUT2D eigenvalue weighted by Gasteiger charge is 2.33. The summed E-state index contributed by atoms with van der Waals surface area (Å²) in [5.74, 6) is 0. The van der Waals surface area contributed by atoms with Gasteiger partial charge in [0, 0.05) is 23.5 Å². The van der Waals surface area contributed by atoms with Gasteiger partial charge in [-0.3, -0.25) is 4.40 Å². The number of hydrogen-bond acceptors (Lipinski definition) is 4. The molecule has 140 valence electrons. The number of hydrogen-bond donors (Lipinski definition) is 2. The molecule has 3 aromatic rings. The minimum atomic E-state index is -0.650. The van der Waals surface area contributed by atoms with Crippen LogP contribution in [0.1, 0.15) is 65.2 Å². The average molecular weight is 362 g/mol. The third-order valence-corrected chi connectivity index (χ3v) is 6.22. The van der Waals surface area contributed by atoms with Crippen molar-refractivity contribution in [2.24, 2.45) is 0 Å². The maximum atomic E-state index is 11.0. The molecule has 3 unspecified atom stereocenters. The number of aromatic nitrogens is 3. The molecular formula is C22H26N4O. The standard InChI is InChI=1S/C22H26N4O/c1-13-10-14(2)26-12-23-20(22(26)24-13)21(27)19-9-8-18(25-19)17-7-6-15-4-3-5-16(15)11-17/h6-7,10-12,18-19,21,25,27H,3-5,8-9H2,1-2H3. The van der Waals surface area contributed by atoms with Gasteiger partial charge in [-0.2, -0.15) is 0 Å². The van der Waals surface area contributed by atoms with Crippen molar-refractivity contribution in [1.82, 2.24) is 19.7 Å². The number of benzene rings is 1. The normalized spacial score (nSPS) is 23.1. The Kier molecular flexibility index (Phi) is 4.02. The highest BCUT2D eigenvalue weighted by atomic mass is 16.3. The molecule has 5 nitrogen and oxygen atoms in total. The van der Waals surface area contributed by atoms with E-state index in [1.165, 1.54) is 36.0 Å². The Labute approximate surface area is 159 Å². The Balaban J connectivity index is 1.39. The van der Waals surface area contributed by atoms with Gasteiger partial charge in [0.2, 0.25) is 0 Å². The zero-order chi connectivity index (χ0) is 18.5. The largest absolute Gasteiger partial charge is 0.385 e. The van der Waals surface area contributed by atoms with Gasteiger partial charge in [0.15, 0.2) is 5.65 Å². The quantitative estimate of drug-likeness (QED) is 0.750. The molecule has 1 saturated heterocycles. The smallest absolute Gasteiger partial charge is 0.162 e. The number of imidazole rings is 1. The molecule has 3 atom stereocenters. The lowest BCUT2D eigenvalue weighted by molar-refractivity contribution is 0.132. The number of nitrogens with one attached hydrogen (secondary N) is 1. The van der Waals surface area contributed by atoms with Crippen LogP contribution in [-0.2, 0) is 12.8 Å². The monoisotopic (exact) mass is 362 g/mol. The van der Waals surface area contributed by atoms with Gasteiger partial charge in [0.25, 0.3) is 0 Å². The Hall–Kier alpha value is -2.24. The summed E-state index contributed by atoms with van der Waals surface area (Å²) < 4.78 is 1.96. The first-order chi connectivity index (χ1) is 13.1. The van der Waals surface area contributed by atoms with Crippen molar-refractivity contribution >= 4 is 5.65 Å². The summed E-state index contributed by atoms with van der Waals surface area (Å²) in [5.41, 5.74) is 7.84. The maximum absolute atomic E-state index is 11.0. The third kappa shape index (κ3) is 2.86. The van der Waals surface area contributed by atoms with E-state index in [9.17, 15) is 5.11 Å². The van der Waals surface area contributed by atoms with Gasteiger partial charge in [0.05, 0.1) is 0 Å². The fraction of sp³-hybridized carbons (Fsp3) is 0.455. The van der Waals surface area contributed by atoms with Crippen LogP contribution in [-0.4, -0.2) is 25.5 Å². The topological polar surface area (TPSA) is 62.5 Å². The zero-order valence-electron chi connectivity index (χ0n) is 15.9. The molecule has 3 heterocycles. The van der Waals surface area contributed by atoms with Gasteiger partial charge >= 0.3 is 0 Å². The van der Waals surface area contributed by atoms with E-state index in [0.29, 0.717) is 11.7 Å². The molecule has 27 heavy (non-hydrogen) atoms. The summed E-state index contributed by atoms with van der Waals surface area (Å²) in [6, 6.07) is 9.26.